The van der Waals surface area contributed by atoms with Crippen LogP contribution in [0.1, 0.15) is 12.6 Å². The summed E-state index contributed by atoms with van der Waals surface area (Å²) in [6.07, 6.45) is 1.97. The highest BCUT2D eigenvalue weighted by Gasteiger charge is 2.03. The van der Waals surface area contributed by atoms with Crippen molar-refractivity contribution in [3.63, 3.8) is 0 Å². The van der Waals surface area contributed by atoms with E-state index in [0.29, 0.717) is 11.7 Å². The van der Waals surface area contributed by atoms with Crippen LogP contribution >= 0.6 is 12.2 Å². The van der Waals surface area contributed by atoms with Gasteiger partial charge in [-0.1, -0.05) is 36.4 Å². The molecule has 1 aromatic heterocycles. The number of aromatic nitrogens is 2. The molecule has 3 aromatic rings. The number of hydrogen-bond donors (Lipinski definition) is 2. The van der Waals surface area contributed by atoms with Crippen LogP contribution in [-0.2, 0) is 13.1 Å². The van der Waals surface area contributed by atoms with Crippen molar-refractivity contribution in [2.75, 3.05) is 5.32 Å². The zero-order valence-corrected chi connectivity index (χ0v) is 13.2. The molecular formula is C17H18N4S. The van der Waals surface area contributed by atoms with E-state index in [2.05, 4.69) is 40.9 Å². The molecule has 22 heavy (non-hydrogen) atoms. The van der Waals surface area contributed by atoms with Crippen molar-refractivity contribution in [3.05, 3.63) is 60.4 Å². The molecule has 112 valence electrons. The first-order valence-corrected chi connectivity index (χ1v) is 7.72. The molecule has 2 N–H and O–H groups in total. The van der Waals surface area contributed by atoms with Gasteiger partial charge in [-0.05, 0) is 36.7 Å². The van der Waals surface area contributed by atoms with Crippen LogP contribution < -0.4 is 10.6 Å². The Kier molecular flexibility index (Phi) is 4.34. The predicted molar refractivity (Wildman–Crippen MR) is 94.9 cm³/mol. The molecular weight excluding hydrogens is 292 g/mol. The SMILES string of the molecule is CCn1ccc(CNC(=S)Nc2cccc3ccccc23)n1. The van der Waals surface area contributed by atoms with Gasteiger partial charge in [-0.2, -0.15) is 5.10 Å². The first-order valence-electron chi connectivity index (χ1n) is 7.31. The highest BCUT2D eigenvalue weighted by molar-refractivity contribution is 7.80. The summed E-state index contributed by atoms with van der Waals surface area (Å²) in [5.41, 5.74) is 1.98. The number of rotatable bonds is 4. The maximum absolute atomic E-state index is 5.38. The van der Waals surface area contributed by atoms with Gasteiger partial charge < -0.3 is 10.6 Å². The molecule has 0 atom stereocenters. The number of fused-ring (bicyclic) bond motifs is 1. The summed E-state index contributed by atoms with van der Waals surface area (Å²) in [7, 11) is 0. The highest BCUT2D eigenvalue weighted by atomic mass is 32.1. The topological polar surface area (TPSA) is 41.9 Å². The summed E-state index contributed by atoms with van der Waals surface area (Å²) in [6, 6.07) is 16.4. The number of aryl methyl sites for hydroxylation is 1. The molecule has 4 nitrogen and oxygen atoms in total. The highest BCUT2D eigenvalue weighted by Crippen LogP contribution is 2.22. The summed E-state index contributed by atoms with van der Waals surface area (Å²) in [5.74, 6) is 0. The van der Waals surface area contributed by atoms with Crippen molar-refractivity contribution in [2.45, 2.75) is 20.0 Å². The van der Waals surface area contributed by atoms with E-state index in [0.717, 1.165) is 23.3 Å². The van der Waals surface area contributed by atoms with Crippen LogP contribution in [0.5, 0.6) is 0 Å². The number of anilines is 1. The van der Waals surface area contributed by atoms with Crippen molar-refractivity contribution in [3.8, 4) is 0 Å². The molecule has 1 heterocycles. The maximum atomic E-state index is 5.38. The lowest BCUT2D eigenvalue weighted by atomic mass is 10.1. The third-order valence-electron chi connectivity index (χ3n) is 3.49. The lowest BCUT2D eigenvalue weighted by Crippen LogP contribution is -2.28. The van der Waals surface area contributed by atoms with Crippen molar-refractivity contribution in [2.24, 2.45) is 0 Å². The predicted octanol–water partition coefficient (Wildman–Crippen LogP) is 3.54. The minimum Gasteiger partial charge on any atom is -0.357 e. The number of benzene rings is 2. The van der Waals surface area contributed by atoms with E-state index in [9.17, 15) is 0 Å². The van der Waals surface area contributed by atoms with Crippen LogP contribution in [0.2, 0.25) is 0 Å². The molecule has 0 unspecified atom stereocenters. The number of nitrogens with zero attached hydrogens (tertiary/aromatic N) is 2. The molecule has 0 fully saturated rings. The van der Waals surface area contributed by atoms with E-state index >= 15 is 0 Å². The molecule has 0 radical (unpaired) electrons. The average molecular weight is 310 g/mol. The minimum absolute atomic E-state index is 0.599. The Balaban J connectivity index is 1.65. The standard InChI is InChI=1S/C17H18N4S/c1-2-21-11-10-14(20-21)12-18-17(22)19-16-9-5-7-13-6-3-4-8-15(13)16/h3-11H,2,12H2,1H3,(H2,18,19,22). The zero-order chi connectivity index (χ0) is 15.4. The monoisotopic (exact) mass is 310 g/mol. The molecule has 0 aliphatic heterocycles. The van der Waals surface area contributed by atoms with Gasteiger partial charge in [-0.25, -0.2) is 0 Å². The number of thiocarbonyl (C=S) groups is 1. The molecule has 3 rings (SSSR count). The second-order valence-corrected chi connectivity index (χ2v) is 5.41. The second kappa shape index (κ2) is 6.58. The zero-order valence-electron chi connectivity index (χ0n) is 12.4. The van der Waals surface area contributed by atoms with Gasteiger partial charge in [0.25, 0.3) is 0 Å². The third-order valence-corrected chi connectivity index (χ3v) is 3.73. The lowest BCUT2D eigenvalue weighted by Gasteiger charge is -2.12. The fourth-order valence-electron chi connectivity index (χ4n) is 2.35. The molecule has 0 saturated heterocycles. The van der Waals surface area contributed by atoms with Crippen LogP contribution in [0.4, 0.5) is 5.69 Å². The van der Waals surface area contributed by atoms with Crippen LogP contribution in [-0.4, -0.2) is 14.9 Å². The summed E-state index contributed by atoms with van der Waals surface area (Å²) in [5, 5.41) is 13.8. The molecule has 0 aliphatic carbocycles. The van der Waals surface area contributed by atoms with Gasteiger partial charge in [0.2, 0.25) is 0 Å². The molecule has 5 heteroatoms. The molecule has 0 aliphatic rings. The van der Waals surface area contributed by atoms with E-state index in [1.54, 1.807) is 0 Å². The molecule has 0 amide bonds. The summed E-state index contributed by atoms with van der Waals surface area (Å²) in [4.78, 5) is 0. The fourth-order valence-corrected chi connectivity index (χ4v) is 2.53. The van der Waals surface area contributed by atoms with Crippen molar-refractivity contribution in [1.82, 2.24) is 15.1 Å². The van der Waals surface area contributed by atoms with Gasteiger partial charge in [0, 0.05) is 23.8 Å². The van der Waals surface area contributed by atoms with Gasteiger partial charge in [0.15, 0.2) is 5.11 Å². The van der Waals surface area contributed by atoms with Crippen molar-refractivity contribution < 1.29 is 0 Å². The van der Waals surface area contributed by atoms with Crippen LogP contribution in [0.15, 0.2) is 54.7 Å². The Hall–Kier alpha value is -2.40. The normalized spacial score (nSPS) is 10.6. The van der Waals surface area contributed by atoms with E-state index in [4.69, 9.17) is 12.2 Å². The van der Waals surface area contributed by atoms with Crippen molar-refractivity contribution >= 4 is 33.8 Å². The molecule has 0 spiro atoms. The van der Waals surface area contributed by atoms with E-state index < -0.39 is 0 Å². The Morgan fingerprint density at radius 1 is 1.14 bits per heavy atom. The van der Waals surface area contributed by atoms with Gasteiger partial charge in [-0.15, -0.1) is 0 Å². The smallest absolute Gasteiger partial charge is 0.171 e. The summed E-state index contributed by atoms with van der Waals surface area (Å²) >= 11 is 5.38. The van der Waals surface area contributed by atoms with Gasteiger partial charge in [-0.3, -0.25) is 4.68 Å². The van der Waals surface area contributed by atoms with E-state index in [1.807, 2.05) is 41.2 Å². The second-order valence-electron chi connectivity index (χ2n) is 5.00. The molecule has 2 aromatic carbocycles. The lowest BCUT2D eigenvalue weighted by molar-refractivity contribution is 0.643. The molecule has 0 saturated carbocycles. The van der Waals surface area contributed by atoms with Crippen LogP contribution in [0.25, 0.3) is 10.8 Å². The van der Waals surface area contributed by atoms with Gasteiger partial charge in [0.05, 0.1) is 12.2 Å². The average Bonchev–Trinajstić information content (AvgIpc) is 3.01. The summed E-state index contributed by atoms with van der Waals surface area (Å²) in [6.45, 7) is 3.55. The number of nitrogens with one attached hydrogen (secondary N) is 2. The summed E-state index contributed by atoms with van der Waals surface area (Å²) < 4.78 is 1.90. The van der Waals surface area contributed by atoms with Gasteiger partial charge >= 0.3 is 0 Å². The number of hydrogen-bond acceptors (Lipinski definition) is 2. The first kappa shape index (κ1) is 14.5. The Morgan fingerprint density at radius 3 is 2.77 bits per heavy atom. The Bertz CT molecular complexity index is 789. The Labute approximate surface area is 135 Å². The molecule has 0 bridgehead atoms. The van der Waals surface area contributed by atoms with E-state index in [-0.39, 0.29) is 0 Å². The van der Waals surface area contributed by atoms with E-state index in [1.165, 1.54) is 5.39 Å². The fraction of sp³-hybridized carbons (Fsp3) is 0.176. The Morgan fingerprint density at radius 2 is 1.95 bits per heavy atom. The van der Waals surface area contributed by atoms with Crippen molar-refractivity contribution in [1.29, 1.82) is 0 Å². The van der Waals surface area contributed by atoms with Crippen LogP contribution in [0, 0.1) is 0 Å². The largest absolute Gasteiger partial charge is 0.357 e. The minimum atomic E-state index is 0.599. The maximum Gasteiger partial charge on any atom is 0.171 e. The van der Waals surface area contributed by atoms with Crippen LogP contribution in [0.3, 0.4) is 0 Å². The third kappa shape index (κ3) is 3.26. The van der Waals surface area contributed by atoms with Gasteiger partial charge in [0.1, 0.15) is 0 Å². The first-order chi connectivity index (χ1) is 10.8. The quantitative estimate of drug-likeness (QED) is 0.723.